The van der Waals surface area contributed by atoms with E-state index in [1.54, 1.807) is 0 Å². The molecule has 0 aromatic heterocycles. The normalized spacial score (nSPS) is 21.5. The summed E-state index contributed by atoms with van der Waals surface area (Å²) < 4.78 is 0.737. The highest BCUT2D eigenvalue weighted by atomic mass is 32.2. The van der Waals surface area contributed by atoms with Crippen LogP contribution in [0.25, 0.3) is 0 Å². The number of amides is 1. The molecule has 6 nitrogen and oxygen atoms in total. The number of hydrogen-bond donors (Lipinski definition) is 3. The first-order valence-electron chi connectivity index (χ1n) is 4.85. The van der Waals surface area contributed by atoms with Crippen LogP contribution in [0.3, 0.4) is 0 Å². The van der Waals surface area contributed by atoms with Crippen molar-refractivity contribution in [2.24, 2.45) is 5.92 Å². The molecule has 16 heavy (non-hydrogen) atoms. The molecule has 0 aromatic carbocycles. The molecule has 0 saturated carbocycles. The van der Waals surface area contributed by atoms with E-state index in [2.05, 4.69) is 25.6 Å². The first-order chi connectivity index (χ1) is 7.49. The van der Waals surface area contributed by atoms with Gasteiger partial charge in [-0.05, 0) is 44.4 Å². The van der Waals surface area contributed by atoms with E-state index in [-0.39, 0.29) is 12.3 Å². The largest absolute Gasteiger partial charge is 0.481 e. The molecule has 0 bridgehead atoms. The summed E-state index contributed by atoms with van der Waals surface area (Å²) in [6.07, 6.45) is 1.05. The van der Waals surface area contributed by atoms with Crippen molar-refractivity contribution in [3.63, 3.8) is 0 Å². The predicted molar refractivity (Wildman–Crippen MR) is 62.8 cm³/mol. The van der Waals surface area contributed by atoms with Gasteiger partial charge in [0, 0.05) is 19.5 Å². The van der Waals surface area contributed by atoms with E-state index in [1.807, 2.05) is 0 Å². The third kappa shape index (κ3) is 4.50. The summed E-state index contributed by atoms with van der Waals surface area (Å²) in [4.78, 5) is 26.6. The van der Waals surface area contributed by atoms with E-state index >= 15 is 0 Å². The summed E-state index contributed by atoms with van der Waals surface area (Å²) in [5, 5.41) is 10.1. The smallest absolute Gasteiger partial charge is 0.449 e. The van der Waals surface area contributed by atoms with Crippen molar-refractivity contribution in [3.05, 3.63) is 0 Å². The molecular weight excluding hydrogens is 252 g/mol. The Bertz CT molecular complexity index is 275. The van der Waals surface area contributed by atoms with Crippen LogP contribution in [-0.2, 0) is 9.63 Å². The topological polar surface area (TPSA) is 70.1 Å². The minimum Gasteiger partial charge on any atom is -0.481 e. The SMILES string of the molecule is O=C(O)CC1CCCN(OC(=O)N(S)S)C1. The van der Waals surface area contributed by atoms with Crippen molar-refractivity contribution in [3.8, 4) is 0 Å². The Hall–Kier alpha value is -0.600. The van der Waals surface area contributed by atoms with E-state index in [9.17, 15) is 9.59 Å². The Balaban J connectivity index is 2.38. The van der Waals surface area contributed by atoms with Crippen LogP contribution in [0.2, 0.25) is 0 Å². The minimum absolute atomic E-state index is 0.0207. The van der Waals surface area contributed by atoms with Crippen molar-refractivity contribution in [2.75, 3.05) is 13.1 Å². The van der Waals surface area contributed by atoms with Crippen LogP contribution in [0.15, 0.2) is 0 Å². The number of aliphatic carboxylic acids is 1. The monoisotopic (exact) mass is 266 g/mol. The summed E-state index contributed by atoms with van der Waals surface area (Å²) in [6.45, 7) is 1.05. The number of carboxylic acid groups (broad SMARTS) is 1. The molecule has 1 fully saturated rings. The fourth-order valence-electron chi connectivity index (χ4n) is 1.67. The third-order valence-electron chi connectivity index (χ3n) is 2.32. The number of carboxylic acids is 1. The second kappa shape index (κ2) is 6.21. The van der Waals surface area contributed by atoms with Gasteiger partial charge in [0.05, 0.1) is 0 Å². The average molecular weight is 266 g/mol. The maximum Gasteiger partial charge on any atom is 0.449 e. The molecule has 1 heterocycles. The molecule has 1 atom stereocenters. The van der Waals surface area contributed by atoms with Gasteiger partial charge >= 0.3 is 12.1 Å². The zero-order chi connectivity index (χ0) is 12.1. The minimum atomic E-state index is -0.830. The first kappa shape index (κ1) is 13.5. The lowest BCUT2D eigenvalue weighted by atomic mass is 9.96. The van der Waals surface area contributed by atoms with Crippen molar-refractivity contribution in [2.45, 2.75) is 19.3 Å². The van der Waals surface area contributed by atoms with E-state index in [4.69, 9.17) is 9.94 Å². The van der Waals surface area contributed by atoms with Crippen LogP contribution < -0.4 is 0 Å². The molecule has 8 heteroatoms. The summed E-state index contributed by atoms with van der Waals surface area (Å²) in [5.74, 6) is -0.810. The van der Waals surface area contributed by atoms with Gasteiger partial charge in [-0.3, -0.25) is 4.79 Å². The Labute approximate surface area is 105 Å². The van der Waals surface area contributed by atoms with E-state index in [0.717, 1.165) is 16.6 Å². The lowest BCUT2D eigenvalue weighted by Crippen LogP contribution is -2.39. The van der Waals surface area contributed by atoms with Crippen LogP contribution in [0.4, 0.5) is 4.79 Å². The number of rotatable bonds is 3. The Morgan fingerprint density at radius 1 is 1.50 bits per heavy atom. The molecule has 1 saturated heterocycles. The summed E-state index contributed by atoms with van der Waals surface area (Å²) in [6, 6.07) is 0. The molecule has 1 rings (SSSR count). The van der Waals surface area contributed by atoms with E-state index in [1.165, 1.54) is 5.06 Å². The Kier molecular flexibility index (Phi) is 5.23. The highest BCUT2D eigenvalue weighted by Gasteiger charge is 2.25. The van der Waals surface area contributed by atoms with Gasteiger partial charge in [-0.25, -0.2) is 4.79 Å². The average Bonchev–Trinajstić information content (AvgIpc) is 2.16. The highest BCUT2D eigenvalue weighted by molar-refractivity contribution is 7.94. The van der Waals surface area contributed by atoms with Gasteiger partial charge in [0.2, 0.25) is 0 Å². The fraction of sp³-hybridized carbons (Fsp3) is 0.750. The van der Waals surface area contributed by atoms with Crippen molar-refractivity contribution >= 4 is 37.7 Å². The van der Waals surface area contributed by atoms with Gasteiger partial charge < -0.3 is 9.94 Å². The quantitative estimate of drug-likeness (QED) is 0.670. The summed E-state index contributed by atoms with van der Waals surface area (Å²) in [7, 11) is 0. The van der Waals surface area contributed by atoms with Crippen LogP contribution in [0, 0.1) is 5.92 Å². The molecule has 0 aromatic rings. The number of hydrogen-bond acceptors (Lipinski definition) is 6. The molecule has 1 N–H and O–H groups in total. The zero-order valence-electron chi connectivity index (χ0n) is 8.57. The van der Waals surface area contributed by atoms with Gasteiger partial charge in [-0.15, -0.1) is 5.06 Å². The number of piperidine rings is 1. The van der Waals surface area contributed by atoms with Crippen molar-refractivity contribution in [1.82, 2.24) is 8.77 Å². The van der Waals surface area contributed by atoms with Gasteiger partial charge in [-0.1, -0.05) is 0 Å². The lowest BCUT2D eigenvalue weighted by molar-refractivity contribution is -0.144. The molecule has 0 spiro atoms. The van der Waals surface area contributed by atoms with Gasteiger partial charge in [0.15, 0.2) is 0 Å². The zero-order valence-corrected chi connectivity index (χ0v) is 10.4. The molecule has 1 amide bonds. The van der Waals surface area contributed by atoms with E-state index in [0.29, 0.717) is 13.1 Å². The molecule has 0 radical (unpaired) electrons. The first-order valence-corrected chi connectivity index (χ1v) is 5.65. The lowest BCUT2D eigenvalue weighted by Gasteiger charge is -2.30. The van der Waals surface area contributed by atoms with E-state index < -0.39 is 12.1 Å². The maximum absolute atomic E-state index is 11.1. The predicted octanol–water partition coefficient (Wildman–Crippen LogP) is 1.22. The Morgan fingerprint density at radius 3 is 2.75 bits per heavy atom. The molecule has 92 valence electrons. The summed E-state index contributed by atoms with van der Waals surface area (Å²) >= 11 is 7.35. The molecule has 0 aliphatic carbocycles. The fourth-order valence-corrected chi connectivity index (χ4v) is 1.74. The van der Waals surface area contributed by atoms with Gasteiger partial charge in [0.1, 0.15) is 0 Å². The maximum atomic E-state index is 11.1. The van der Waals surface area contributed by atoms with Crippen LogP contribution in [-0.4, -0.2) is 39.0 Å². The van der Waals surface area contributed by atoms with Gasteiger partial charge in [-0.2, -0.15) is 3.71 Å². The van der Waals surface area contributed by atoms with Crippen LogP contribution in [0.1, 0.15) is 19.3 Å². The van der Waals surface area contributed by atoms with Crippen molar-refractivity contribution < 1.29 is 19.5 Å². The number of hydroxylamine groups is 2. The van der Waals surface area contributed by atoms with Crippen LogP contribution >= 0.6 is 25.6 Å². The molecule has 1 unspecified atom stereocenters. The number of thiol groups is 2. The molecule has 1 aliphatic heterocycles. The second-order valence-electron chi connectivity index (χ2n) is 3.64. The van der Waals surface area contributed by atoms with Crippen LogP contribution in [0.5, 0.6) is 0 Å². The number of carbonyl (C=O) groups excluding carboxylic acids is 1. The molecular formula is C8H14N2O4S2. The Morgan fingerprint density at radius 2 is 2.19 bits per heavy atom. The van der Waals surface area contributed by atoms with Gasteiger partial charge in [0.25, 0.3) is 0 Å². The second-order valence-corrected chi connectivity index (χ2v) is 4.76. The third-order valence-corrected chi connectivity index (χ3v) is 2.64. The summed E-state index contributed by atoms with van der Waals surface area (Å²) in [5.41, 5.74) is 0. The number of nitrogens with zero attached hydrogens (tertiary/aromatic N) is 2. The standard InChI is InChI=1S/C8H14N2O4S2/c11-7(12)4-6-2-1-3-9(5-6)14-8(13)10(15)16/h6,15-16H,1-5H2,(H,11,12). The van der Waals surface area contributed by atoms with Crippen molar-refractivity contribution in [1.29, 1.82) is 0 Å². The molecule has 1 aliphatic rings. The highest BCUT2D eigenvalue weighted by Crippen LogP contribution is 2.20. The number of carbonyl (C=O) groups is 2.